The minimum Gasteiger partial charge on any atom is -0.496 e. The van der Waals surface area contributed by atoms with Gasteiger partial charge in [-0.3, -0.25) is 4.98 Å². The van der Waals surface area contributed by atoms with E-state index in [1.807, 2.05) is 12.1 Å². The van der Waals surface area contributed by atoms with Crippen molar-refractivity contribution in [3.63, 3.8) is 0 Å². The van der Waals surface area contributed by atoms with Crippen molar-refractivity contribution in [2.24, 2.45) is 0 Å². The predicted molar refractivity (Wildman–Crippen MR) is 122 cm³/mol. The van der Waals surface area contributed by atoms with Crippen LogP contribution in [0.1, 0.15) is 30.9 Å². The molecule has 0 radical (unpaired) electrons. The standard InChI is InChI=1S/C22H22Cl2N2O4S/c1-14(2)18-11-16(7-9-20(18)29-3)30-22-19(23)8-6-15(21(22)24)12-26-31(27,28)17-5-4-10-25-13-17/h4-11,13-14,26H,12H2,1-3H3. The van der Waals surface area contributed by atoms with E-state index in [2.05, 4.69) is 23.6 Å². The van der Waals surface area contributed by atoms with Gasteiger partial charge in [-0.1, -0.05) is 43.1 Å². The van der Waals surface area contributed by atoms with Gasteiger partial charge in [0.15, 0.2) is 5.75 Å². The Hall–Kier alpha value is -2.32. The van der Waals surface area contributed by atoms with Crippen LogP contribution in [0.5, 0.6) is 17.2 Å². The molecule has 164 valence electrons. The first kappa shape index (κ1) is 23.3. The van der Waals surface area contributed by atoms with E-state index in [1.54, 1.807) is 31.4 Å². The molecule has 3 rings (SSSR count). The lowest BCUT2D eigenvalue weighted by Crippen LogP contribution is -2.23. The van der Waals surface area contributed by atoms with Crippen LogP contribution in [0.4, 0.5) is 0 Å². The van der Waals surface area contributed by atoms with Crippen molar-refractivity contribution >= 4 is 33.2 Å². The summed E-state index contributed by atoms with van der Waals surface area (Å²) in [6.07, 6.45) is 2.78. The number of nitrogens with one attached hydrogen (secondary N) is 1. The fourth-order valence-electron chi connectivity index (χ4n) is 2.91. The zero-order valence-corrected chi connectivity index (χ0v) is 19.6. The molecule has 0 spiro atoms. The lowest BCUT2D eigenvalue weighted by Gasteiger charge is -2.16. The summed E-state index contributed by atoms with van der Waals surface area (Å²) in [5, 5.41) is 0.536. The maximum absolute atomic E-state index is 12.5. The van der Waals surface area contributed by atoms with E-state index < -0.39 is 10.0 Å². The molecule has 0 bridgehead atoms. The molecular weight excluding hydrogens is 459 g/mol. The lowest BCUT2D eigenvalue weighted by molar-refractivity contribution is 0.405. The molecule has 3 aromatic rings. The normalized spacial score (nSPS) is 11.5. The van der Waals surface area contributed by atoms with Crippen LogP contribution >= 0.6 is 23.2 Å². The fourth-order valence-corrected chi connectivity index (χ4v) is 4.39. The number of benzene rings is 2. The first-order chi connectivity index (χ1) is 14.7. The zero-order valence-electron chi connectivity index (χ0n) is 17.2. The van der Waals surface area contributed by atoms with E-state index in [0.717, 1.165) is 11.3 Å². The number of hydrogen-bond donors (Lipinski definition) is 1. The SMILES string of the molecule is COc1ccc(Oc2c(Cl)ccc(CNS(=O)(=O)c3cccnc3)c2Cl)cc1C(C)C. The van der Waals surface area contributed by atoms with Gasteiger partial charge < -0.3 is 9.47 Å². The largest absolute Gasteiger partial charge is 0.496 e. The van der Waals surface area contributed by atoms with Gasteiger partial charge in [0, 0.05) is 24.5 Å². The molecule has 0 saturated carbocycles. The third-order valence-electron chi connectivity index (χ3n) is 4.57. The summed E-state index contributed by atoms with van der Waals surface area (Å²) >= 11 is 12.8. The molecule has 0 fully saturated rings. The monoisotopic (exact) mass is 480 g/mol. The summed E-state index contributed by atoms with van der Waals surface area (Å²) in [5.41, 5.74) is 1.50. The van der Waals surface area contributed by atoms with Crippen LogP contribution < -0.4 is 14.2 Å². The van der Waals surface area contributed by atoms with Crippen LogP contribution in [0.3, 0.4) is 0 Å². The smallest absolute Gasteiger partial charge is 0.242 e. The highest BCUT2D eigenvalue weighted by atomic mass is 35.5. The van der Waals surface area contributed by atoms with E-state index in [0.29, 0.717) is 16.3 Å². The highest BCUT2D eigenvalue weighted by Crippen LogP contribution is 2.40. The van der Waals surface area contributed by atoms with Gasteiger partial charge in [-0.2, -0.15) is 0 Å². The van der Waals surface area contributed by atoms with Gasteiger partial charge in [-0.15, -0.1) is 0 Å². The molecule has 6 nitrogen and oxygen atoms in total. The number of pyridine rings is 1. The van der Waals surface area contributed by atoms with Crippen molar-refractivity contribution in [2.45, 2.75) is 31.2 Å². The number of halogens is 2. The average Bonchev–Trinajstić information content (AvgIpc) is 2.76. The topological polar surface area (TPSA) is 77.5 Å². The molecule has 1 heterocycles. The highest BCUT2D eigenvalue weighted by Gasteiger charge is 2.18. The van der Waals surface area contributed by atoms with Gasteiger partial charge in [0.2, 0.25) is 10.0 Å². The van der Waals surface area contributed by atoms with Gasteiger partial charge >= 0.3 is 0 Å². The van der Waals surface area contributed by atoms with Crippen molar-refractivity contribution in [3.8, 4) is 17.2 Å². The molecule has 1 aromatic heterocycles. The van der Waals surface area contributed by atoms with Crippen LogP contribution in [-0.2, 0) is 16.6 Å². The molecule has 1 N–H and O–H groups in total. The summed E-state index contributed by atoms with van der Waals surface area (Å²) in [4.78, 5) is 3.90. The number of ether oxygens (including phenoxy) is 2. The van der Waals surface area contributed by atoms with Crippen LogP contribution in [0.25, 0.3) is 0 Å². The highest BCUT2D eigenvalue weighted by molar-refractivity contribution is 7.89. The number of hydrogen-bond acceptors (Lipinski definition) is 5. The van der Waals surface area contributed by atoms with Crippen molar-refractivity contribution in [2.75, 3.05) is 7.11 Å². The van der Waals surface area contributed by atoms with E-state index in [4.69, 9.17) is 32.7 Å². The maximum Gasteiger partial charge on any atom is 0.242 e. The van der Waals surface area contributed by atoms with E-state index in [1.165, 1.54) is 18.5 Å². The molecule has 0 amide bonds. The number of sulfonamides is 1. The summed E-state index contributed by atoms with van der Waals surface area (Å²) in [6, 6.07) is 11.7. The molecule has 0 aliphatic heterocycles. The third kappa shape index (κ3) is 5.49. The van der Waals surface area contributed by atoms with Crippen LogP contribution in [0, 0.1) is 0 Å². The minimum absolute atomic E-state index is 0.0382. The zero-order chi connectivity index (χ0) is 22.6. The van der Waals surface area contributed by atoms with Gasteiger partial charge in [-0.05, 0) is 47.9 Å². The van der Waals surface area contributed by atoms with Crippen molar-refractivity contribution in [1.29, 1.82) is 0 Å². The molecule has 31 heavy (non-hydrogen) atoms. The Balaban J connectivity index is 1.85. The van der Waals surface area contributed by atoms with Crippen molar-refractivity contribution < 1.29 is 17.9 Å². The quantitative estimate of drug-likeness (QED) is 0.441. The van der Waals surface area contributed by atoms with Crippen molar-refractivity contribution in [1.82, 2.24) is 9.71 Å². The Morgan fingerprint density at radius 3 is 2.55 bits per heavy atom. The second-order valence-electron chi connectivity index (χ2n) is 7.02. The van der Waals surface area contributed by atoms with Crippen molar-refractivity contribution in [3.05, 3.63) is 76.0 Å². The summed E-state index contributed by atoms with van der Waals surface area (Å²) in [5.74, 6) is 1.78. The molecule has 9 heteroatoms. The molecule has 0 saturated heterocycles. The summed E-state index contributed by atoms with van der Waals surface area (Å²) < 4.78 is 38.8. The first-order valence-electron chi connectivity index (χ1n) is 9.45. The Morgan fingerprint density at radius 2 is 1.90 bits per heavy atom. The minimum atomic E-state index is -3.74. The number of aromatic nitrogens is 1. The van der Waals surface area contributed by atoms with Crippen LogP contribution in [0.2, 0.25) is 10.0 Å². The summed E-state index contributed by atoms with van der Waals surface area (Å²) in [7, 11) is -2.12. The predicted octanol–water partition coefficient (Wildman–Crippen LogP) is 5.79. The Labute approximate surface area is 192 Å². The first-order valence-corrected chi connectivity index (χ1v) is 11.7. The second-order valence-corrected chi connectivity index (χ2v) is 9.58. The van der Waals surface area contributed by atoms with Gasteiger partial charge in [0.1, 0.15) is 16.4 Å². The average molecular weight is 481 g/mol. The molecule has 0 unspecified atom stereocenters. The Kier molecular flexibility index (Phi) is 7.43. The van der Waals surface area contributed by atoms with Gasteiger partial charge in [0.05, 0.1) is 17.2 Å². The second kappa shape index (κ2) is 9.87. The van der Waals surface area contributed by atoms with E-state index >= 15 is 0 Å². The molecular formula is C22H22Cl2N2O4S. The summed E-state index contributed by atoms with van der Waals surface area (Å²) in [6.45, 7) is 4.07. The Bertz CT molecular complexity index is 1170. The van der Waals surface area contributed by atoms with E-state index in [9.17, 15) is 8.42 Å². The Morgan fingerprint density at radius 1 is 1.13 bits per heavy atom. The van der Waals surface area contributed by atoms with E-state index in [-0.39, 0.29) is 28.1 Å². The van der Waals surface area contributed by atoms with Gasteiger partial charge in [0.25, 0.3) is 0 Å². The molecule has 0 atom stereocenters. The molecule has 0 aliphatic carbocycles. The van der Waals surface area contributed by atoms with Gasteiger partial charge in [-0.25, -0.2) is 13.1 Å². The lowest BCUT2D eigenvalue weighted by atomic mass is 10.0. The van der Waals surface area contributed by atoms with Crippen LogP contribution in [-0.4, -0.2) is 20.5 Å². The molecule has 0 aliphatic rings. The fraction of sp³-hybridized carbons (Fsp3) is 0.227. The number of nitrogens with zero attached hydrogens (tertiary/aromatic N) is 1. The maximum atomic E-state index is 12.5. The molecule has 2 aromatic carbocycles. The van der Waals surface area contributed by atoms with Crippen LogP contribution in [0.15, 0.2) is 59.8 Å². The third-order valence-corrected chi connectivity index (χ3v) is 6.67. The number of methoxy groups -OCH3 is 1. The number of rotatable bonds is 8.